The van der Waals surface area contributed by atoms with Crippen molar-refractivity contribution in [1.82, 2.24) is 9.29 Å². The van der Waals surface area contributed by atoms with Gasteiger partial charge in [0.15, 0.2) is 0 Å². The number of sulfonamides is 1. The summed E-state index contributed by atoms with van der Waals surface area (Å²) in [6, 6.07) is 3.73. The van der Waals surface area contributed by atoms with E-state index in [2.05, 4.69) is 4.98 Å². The van der Waals surface area contributed by atoms with E-state index in [1.165, 1.54) is 30.5 Å². The lowest BCUT2D eigenvalue weighted by Crippen LogP contribution is -2.27. The molecule has 0 spiro atoms. The molecule has 1 heterocycles. The summed E-state index contributed by atoms with van der Waals surface area (Å²) >= 11 is 1.44. The van der Waals surface area contributed by atoms with Crippen molar-refractivity contribution in [2.24, 2.45) is 0 Å². The number of hydrogen-bond donors (Lipinski definition) is 1. The number of thiazole rings is 1. The maximum absolute atomic E-state index is 13.4. The normalized spacial score (nSPS) is 12.0. The zero-order valence-corrected chi connectivity index (χ0v) is 12.6. The first-order valence-corrected chi connectivity index (χ1v) is 8.05. The lowest BCUT2D eigenvalue weighted by molar-refractivity contribution is 0.462. The summed E-state index contributed by atoms with van der Waals surface area (Å²) in [5, 5.41) is 2.65. The van der Waals surface area contributed by atoms with Gasteiger partial charge in [-0.2, -0.15) is 4.31 Å². The van der Waals surface area contributed by atoms with Gasteiger partial charge in [0, 0.05) is 12.4 Å². The van der Waals surface area contributed by atoms with Crippen molar-refractivity contribution in [3.8, 4) is 0 Å². The number of aromatic nitrogens is 1. The largest absolute Gasteiger partial charge is 0.395 e. The van der Waals surface area contributed by atoms with E-state index < -0.39 is 15.8 Å². The Morgan fingerprint density at radius 3 is 2.75 bits per heavy atom. The van der Waals surface area contributed by atoms with Gasteiger partial charge in [0.2, 0.25) is 10.0 Å². The lowest BCUT2D eigenvalue weighted by atomic mass is 10.3. The summed E-state index contributed by atoms with van der Waals surface area (Å²) in [5.41, 5.74) is 5.79. The second-order valence-electron chi connectivity index (χ2n) is 4.27. The first-order chi connectivity index (χ1) is 9.32. The van der Waals surface area contributed by atoms with Crippen molar-refractivity contribution in [3.63, 3.8) is 0 Å². The molecule has 2 rings (SSSR count). The fourth-order valence-corrected chi connectivity index (χ4v) is 3.57. The summed E-state index contributed by atoms with van der Waals surface area (Å²) in [4.78, 5) is 3.98. The van der Waals surface area contributed by atoms with Crippen LogP contribution in [0.5, 0.6) is 0 Å². The van der Waals surface area contributed by atoms with Crippen LogP contribution in [0.25, 0.3) is 0 Å². The molecule has 0 aliphatic heterocycles. The molecule has 0 saturated heterocycles. The van der Waals surface area contributed by atoms with Crippen LogP contribution in [0.15, 0.2) is 28.5 Å². The highest BCUT2D eigenvalue weighted by Gasteiger charge is 2.25. The Balaban J connectivity index is 2.32. The van der Waals surface area contributed by atoms with Gasteiger partial charge in [-0.05, 0) is 19.1 Å². The highest BCUT2D eigenvalue weighted by Crippen LogP contribution is 2.25. The number of aryl methyl sites for hydroxylation is 1. The zero-order chi connectivity index (χ0) is 14.9. The van der Waals surface area contributed by atoms with Gasteiger partial charge in [0.1, 0.15) is 10.7 Å². The van der Waals surface area contributed by atoms with Crippen LogP contribution >= 0.6 is 11.3 Å². The van der Waals surface area contributed by atoms with Crippen molar-refractivity contribution in [1.29, 1.82) is 0 Å². The van der Waals surface area contributed by atoms with Gasteiger partial charge in [0.05, 0.1) is 22.9 Å². The fourth-order valence-electron chi connectivity index (χ4n) is 1.70. The monoisotopic (exact) mass is 315 g/mol. The molecule has 0 fully saturated rings. The SMILES string of the molecule is Cc1nc(CN(C)S(=O)(=O)c2cccc(F)c2N)cs1. The summed E-state index contributed by atoms with van der Waals surface area (Å²) in [6.45, 7) is 1.95. The molecule has 1 aromatic carbocycles. The lowest BCUT2D eigenvalue weighted by Gasteiger charge is -2.17. The molecule has 1 aromatic heterocycles. The van der Waals surface area contributed by atoms with E-state index in [4.69, 9.17) is 5.73 Å². The van der Waals surface area contributed by atoms with Crippen molar-refractivity contribution >= 4 is 27.0 Å². The predicted molar refractivity (Wildman–Crippen MR) is 76.3 cm³/mol. The van der Waals surface area contributed by atoms with Crippen molar-refractivity contribution in [2.75, 3.05) is 12.8 Å². The molecule has 2 N–H and O–H groups in total. The fraction of sp³-hybridized carbons (Fsp3) is 0.250. The predicted octanol–water partition coefficient (Wildman–Crippen LogP) is 1.99. The highest BCUT2D eigenvalue weighted by atomic mass is 32.2. The summed E-state index contributed by atoms with van der Waals surface area (Å²) in [6.07, 6.45) is 0. The van der Waals surface area contributed by atoms with Gasteiger partial charge in [-0.25, -0.2) is 17.8 Å². The average molecular weight is 315 g/mol. The summed E-state index contributed by atoms with van der Waals surface area (Å²) < 4.78 is 39.2. The molecule has 0 unspecified atom stereocenters. The minimum Gasteiger partial charge on any atom is -0.395 e. The second-order valence-corrected chi connectivity index (χ2v) is 7.35. The maximum atomic E-state index is 13.4. The molecule has 5 nitrogen and oxygen atoms in total. The van der Waals surface area contributed by atoms with E-state index in [9.17, 15) is 12.8 Å². The third-order valence-corrected chi connectivity index (χ3v) is 5.44. The van der Waals surface area contributed by atoms with Crippen molar-refractivity contribution < 1.29 is 12.8 Å². The Kier molecular flexibility index (Phi) is 4.07. The number of nitrogens with two attached hydrogens (primary N) is 1. The van der Waals surface area contributed by atoms with Gasteiger partial charge < -0.3 is 5.73 Å². The summed E-state index contributed by atoms with van der Waals surface area (Å²) in [5.74, 6) is -0.746. The van der Waals surface area contributed by atoms with Crippen LogP contribution < -0.4 is 5.73 Å². The third-order valence-electron chi connectivity index (χ3n) is 2.75. The van der Waals surface area contributed by atoms with E-state index >= 15 is 0 Å². The average Bonchev–Trinajstić information content (AvgIpc) is 2.78. The molecular formula is C12H14FN3O2S2. The van der Waals surface area contributed by atoms with Crippen molar-refractivity contribution in [3.05, 3.63) is 40.1 Å². The quantitative estimate of drug-likeness (QED) is 0.876. The molecule has 0 bridgehead atoms. The van der Waals surface area contributed by atoms with Crippen LogP contribution in [0.3, 0.4) is 0 Å². The Morgan fingerprint density at radius 2 is 2.15 bits per heavy atom. The van der Waals surface area contributed by atoms with E-state index in [1.54, 1.807) is 5.38 Å². The number of halogens is 1. The van der Waals surface area contributed by atoms with E-state index in [1.807, 2.05) is 6.92 Å². The van der Waals surface area contributed by atoms with E-state index in [0.717, 1.165) is 15.4 Å². The number of anilines is 1. The van der Waals surface area contributed by atoms with Crippen molar-refractivity contribution in [2.45, 2.75) is 18.4 Å². The standard InChI is InChI=1S/C12H14FN3O2S2/c1-8-15-9(7-19-8)6-16(2)20(17,18)11-5-3-4-10(13)12(11)14/h3-5,7H,6,14H2,1-2H3. The van der Waals surface area contributed by atoms with Crippen LogP contribution in [0.2, 0.25) is 0 Å². The van der Waals surface area contributed by atoms with Gasteiger partial charge in [-0.3, -0.25) is 0 Å². The first kappa shape index (κ1) is 14.9. The van der Waals surface area contributed by atoms with Gasteiger partial charge in [-0.15, -0.1) is 11.3 Å². The molecule has 0 amide bonds. The Hall–Kier alpha value is -1.51. The molecule has 2 aromatic rings. The number of hydrogen-bond acceptors (Lipinski definition) is 5. The molecule has 0 saturated carbocycles. The molecule has 108 valence electrons. The molecule has 0 aliphatic rings. The van der Waals surface area contributed by atoms with Crippen LogP contribution in [0, 0.1) is 12.7 Å². The molecule has 0 radical (unpaired) electrons. The third kappa shape index (κ3) is 2.82. The number of nitrogen functional groups attached to an aromatic ring is 1. The Morgan fingerprint density at radius 1 is 1.45 bits per heavy atom. The number of benzene rings is 1. The van der Waals surface area contributed by atoms with Gasteiger partial charge in [0.25, 0.3) is 0 Å². The van der Waals surface area contributed by atoms with Crippen LogP contribution in [-0.2, 0) is 16.6 Å². The topological polar surface area (TPSA) is 76.3 Å². The van der Waals surface area contributed by atoms with Crippen LogP contribution in [0.4, 0.5) is 10.1 Å². The first-order valence-electron chi connectivity index (χ1n) is 5.73. The molecule has 0 atom stereocenters. The zero-order valence-electron chi connectivity index (χ0n) is 11.0. The second kappa shape index (κ2) is 5.47. The molecule has 0 aliphatic carbocycles. The Labute approximate surface area is 120 Å². The molecule has 20 heavy (non-hydrogen) atoms. The van der Waals surface area contributed by atoms with Gasteiger partial charge in [-0.1, -0.05) is 6.07 Å². The smallest absolute Gasteiger partial charge is 0.245 e. The summed E-state index contributed by atoms with van der Waals surface area (Å²) in [7, 11) is -2.44. The molecule has 8 heteroatoms. The maximum Gasteiger partial charge on any atom is 0.245 e. The van der Waals surface area contributed by atoms with E-state index in [0.29, 0.717) is 5.69 Å². The minimum atomic E-state index is -3.85. The Bertz CT molecular complexity index is 728. The molecular weight excluding hydrogens is 301 g/mol. The van der Waals surface area contributed by atoms with E-state index in [-0.39, 0.29) is 17.1 Å². The number of rotatable bonds is 4. The van der Waals surface area contributed by atoms with Gasteiger partial charge >= 0.3 is 0 Å². The van der Waals surface area contributed by atoms with Crippen LogP contribution in [-0.4, -0.2) is 24.8 Å². The minimum absolute atomic E-state index is 0.114. The number of para-hydroxylation sites is 1. The highest BCUT2D eigenvalue weighted by molar-refractivity contribution is 7.89. The van der Waals surface area contributed by atoms with Crippen LogP contribution in [0.1, 0.15) is 10.7 Å². The number of nitrogens with zero attached hydrogens (tertiary/aromatic N) is 2.